The second kappa shape index (κ2) is 9.39. The van der Waals surface area contributed by atoms with Gasteiger partial charge in [0.15, 0.2) is 0 Å². The topological polar surface area (TPSA) is 96.4 Å². The molecule has 0 saturated carbocycles. The molecule has 3 aliphatic heterocycles. The summed E-state index contributed by atoms with van der Waals surface area (Å²) in [4.78, 5) is 44.4. The fourth-order valence-electron chi connectivity index (χ4n) is 6.47. The van der Waals surface area contributed by atoms with Crippen LogP contribution in [-0.4, -0.2) is 75.7 Å². The van der Waals surface area contributed by atoms with Crippen LogP contribution in [0.2, 0.25) is 0 Å². The molecule has 1 spiro atoms. The van der Waals surface area contributed by atoms with Crippen LogP contribution < -0.4 is 0 Å². The highest BCUT2D eigenvalue weighted by Crippen LogP contribution is 2.65. The zero-order chi connectivity index (χ0) is 25.5. The van der Waals surface area contributed by atoms with Crippen LogP contribution in [0, 0.1) is 17.8 Å². The number of aliphatic hydroxyl groups excluding tert-OH is 1. The van der Waals surface area contributed by atoms with Crippen LogP contribution in [0.15, 0.2) is 43.0 Å². The summed E-state index contributed by atoms with van der Waals surface area (Å²) < 4.78 is 12.0. The molecule has 0 aliphatic carbocycles. The lowest BCUT2D eigenvalue weighted by molar-refractivity contribution is -0.163. The van der Waals surface area contributed by atoms with Crippen molar-refractivity contribution in [1.82, 2.24) is 9.80 Å². The van der Waals surface area contributed by atoms with Crippen LogP contribution in [-0.2, 0) is 30.4 Å². The highest BCUT2D eigenvalue weighted by atomic mass is 16.6. The number of rotatable bonds is 9. The van der Waals surface area contributed by atoms with E-state index in [1.165, 1.54) is 4.90 Å². The number of fused-ring (bicyclic) bond motifs is 1. The van der Waals surface area contributed by atoms with Crippen LogP contribution in [0.4, 0.5) is 0 Å². The Labute approximate surface area is 206 Å². The number of aliphatic hydroxyl groups is 1. The first-order valence-electron chi connectivity index (χ1n) is 12.4. The SMILES string of the molecule is C=CCN(Cc1ccccc1)C(=O)C1N([C@H](C)CO)C(=O)[C@@H]2[C@@H](C(=O)OCC)[C@]3(C)OC12CC3C. The molecule has 0 aromatic heterocycles. The maximum Gasteiger partial charge on any atom is 0.312 e. The number of carbonyl (C=O) groups excluding carboxylic acids is 3. The van der Waals surface area contributed by atoms with Gasteiger partial charge in [-0.1, -0.05) is 43.3 Å². The average molecular weight is 485 g/mol. The summed E-state index contributed by atoms with van der Waals surface area (Å²) in [7, 11) is 0. The van der Waals surface area contributed by atoms with Crippen molar-refractivity contribution < 1.29 is 29.0 Å². The smallest absolute Gasteiger partial charge is 0.312 e. The largest absolute Gasteiger partial charge is 0.466 e. The van der Waals surface area contributed by atoms with E-state index in [1.54, 1.807) is 24.8 Å². The number of esters is 1. The molecule has 190 valence electrons. The number of hydrogen-bond donors (Lipinski definition) is 1. The van der Waals surface area contributed by atoms with Gasteiger partial charge < -0.3 is 24.4 Å². The normalized spacial score (nSPS) is 34.0. The maximum atomic E-state index is 14.3. The molecule has 35 heavy (non-hydrogen) atoms. The Morgan fingerprint density at radius 2 is 2.06 bits per heavy atom. The fourth-order valence-corrected chi connectivity index (χ4v) is 6.47. The molecule has 1 N–H and O–H groups in total. The van der Waals surface area contributed by atoms with E-state index in [2.05, 4.69) is 6.58 Å². The van der Waals surface area contributed by atoms with Gasteiger partial charge in [-0.2, -0.15) is 0 Å². The molecule has 3 unspecified atom stereocenters. The van der Waals surface area contributed by atoms with E-state index >= 15 is 0 Å². The third-order valence-corrected chi connectivity index (χ3v) is 8.14. The molecule has 1 aromatic carbocycles. The molecule has 8 heteroatoms. The molecule has 3 aliphatic rings. The van der Waals surface area contributed by atoms with Crippen LogP contribution in [0.25, 0.3) is 0 Å². The molecule has 3 saturated heterocycles. The van der Waals surface area contributed by atoms with Crippen molar-refractivity contribution in [2.24, 2.45) is 17.8 Å². The maximum absolute atomic E-state index is 14.3. The summed E-state index contributed by atoms with van der Waals surface area (Å²) in [6.45, 7) is 11.6. The van der Waals surface area contributed by atoms with Crippen molar-refractivity contribution in [1.29, 1.82) is 0 Å². The van der Waals surface area contributed by atoms with Gasteiger partial charge in [-0.25, -0.2) is 0 Å². The lowest BCUT2D eigenvalue weighted by Gasteiger charge is -2.38. The van der Waals surface area contributed by atoms with Gasteiger partial charge in [0.25, 0.3) is 0 Å². The summed E-state index contributed by atoms with van der Waals surface area (Å²) >= 11 is 0. The first-order valence-corrected chi connectivity index (χ1v) is 12.4. The molecular formula is C27H36N2O6. The van der Waals surface area contributed by atoms with Gasteiger partial charge in [0.2, 0.25) is 11.8 Å². The highest BCUT2D eigenvalue weighted by molar-refractivity contribution is 5.98. The summed E-state index contributed by atoms with van der Waals surface area (Å²) in [5.74, 6) is -2.80. The monoisotopic (exact) mass is 484 g/mol. The van der Waals surface area contributed by atoms with E-state index in [0.29, 0.717) is 13.0 Å². The van der Waals surface area contributed by atoms with E-state index in [-0.39, 0.29) is 37.5 Å². The lowest BCUT2D eigenvalue weighted by atomic mass is 9.62. The van der Waals surface area contributed by atoms with Crippen LogP contribution >= 0.6 is 0 Å². The third kappa shape index (κ3) is 3.78. The minimum Gasteiger partial charge on any atom is -0.466 e. The number of likely N-dealkylation sites (tertiary alicyclic amines) is 1. The molecule has 2 bridgehead atoms. The Bertz CT molecular complexity index is 999. The van der Waals surface area contributed by atoms with Gasteiger partial charge >= 0.3 is 5.97 Å². The van der Waals surface area contributed by atoms with Crippen molar-refractivity contribution in [3.8, 4) is 0 Å². The molecule has 0 radical (unpaired) electrons. The lowest BCUT2D eigenvalue weighted by Crippen LogP contribution is -2.58. The minimum atomic E-state index is -1.17. The second-order valence-electron chi connectivity index (χ2n) is 10.2. The number of nitrogens with zero attached hydrogens (tertiary/aromatic N) is 2. The summed E-state index contributed by atoms with van der Waals surface area (Å²) in [6.07, 6.45) is 2.12. The molecule has 7 atom stereocenters. The van der Waals surface area contributed by atoms with E-state index in [9.17, 15) is 19.5 Å². The van der Waals surface area contributed by atoms with Crippen LogP contribution in [0.3, 0.4) is 0 Å². The van der Waals surface area contributed by atoms with Gasteiger partial charge in [-0.15, -0.1) is 6.58 Å². The van der Waals surface area contributed by atoms with Crippen LogP contribution in [0.5, 0.6) is 0 Å². The van der Waals surface area contributed by atoms with E-state index in [1.807, 2.05) is 44.2 Å². The number of ether oxygens (including phenoxy) is 2. The van der Waals surface area contributed by atoms with Gasteiger partial charge in [0.1, 0.15) is 17.6 Å². The molecule has 1 aromatic rings. The first kappa shape index (κ1) is 25.4. The Hall–Kier alpha value is -2.71. The Morgan fingerprint density at radius 3 is 2.66 bits per heavy atom. The molecule has 4 rings (SSSR count). The predicted molar refractivity (Wildman–Crippen MR) is 129 cm³/mol. The highest BCUT2D eigenvalue weighted by Gasteiger charge is 2.80. The van der Waals surface area contributed by atoms with Crippen molar-refractivity contribution in [2.75, 3.05) is 19.8 Å². The Balaban J connectivity index is 1.80. The summed E-state index contributed by atoms with van der Waals surface area (Å²) in [5.41, 5.74) is -1.13. The zero-order valence-electron chi connectivity index (χ0n) is 21.0. The molecule has 2 amide bonds. The molecule has 3 fully saturated rings. The van der Waals surface area contributed by atoms with Gasteiger partial charge in [0.05, 0.1) is 30.8 Å². The van der Waals surface area contributed by atoms with Crippen molar-refractivity contribution in [3.63, 3.8) is 0 Å². The van der Waals surface area contributed by atoms with Crippen molar-refractivity contribution >= 4 is 17.8 Å². The van der Waals surface area contributed by atoms with Gasteiger partial charge in [-0.05, 0) is 38.7 Å². The van der Waals surface area contributed by atoms with Gasteiger partial charge in [-0.3, -0.25) is 14.4 Å². The van der Waals surface area contributed by atoms with E-state index in [0.717, 1.165) is 5.56 Å². The minimum absolute atomic E-state index is 0.0670. The zero-order valence-corrected chi connectivity index (χ0v) is 21.0. The average Bonchev–Trinajstić information content (AvgIpc) is 3.35. The number of hydrogen-bond acceptors (Lipinski definition) is 6. The Kier molecular flexibility index (Phi) is 6.81. The summed E-state index contributed by atoms with van der Waals surface area (Å²) in [5, 5.41) is 10.0. The summed E-state index contributed by atoms with van der Waals surface area (Å²) in [6, 6.07) is 8.03. The first-order chi connectivity index (χ1) is 16.7. The molecule has 3 heterocycles. The fraction of sp³-hybridized carbons (Fsp3) is 0.593. The molecule has 8 nitrogen and oxygen atoms in total. The standard InChI is InChI=1S/C27H36N2O6/c1-6-13-28(15-19-11-9-8-10-12-19)24(32)22-27-14-17(3)26(5,35-27)21(25(33)34-7-2)20(27)23(31)29(22)18(4)16-30/h6,8-12,17-18,20-22,30H,1,7,13-16H2,2-5H3/t17?,18-,20+,21+,22?,26-,27?/m1/s1. The number of amides is 2. The quantitative estimate of drug-likeness (QED) is 0.426. The van der Waals surface area contributed by atoms with Crippen molar-refractivity contribution in [3.05, 3.63) is 48.6 Å². The van der Waals surface area contributed by atoms with E-state index < -0.39 is 41.1 Å². The van der Waals surface area contributed by atoms with Crippen molar-refractivity contribution in [2.45, 2.75) is 63.9 Å². The number of benzene rings is 1. The van der Waals surface area contributed by atoms with Crippen LogP contribution in [0.1, 0.15) is 39.7 Å². The number of carbonyl (C=O) groups is 3. The molecular weight excluding hydrogens is 448 g/mol. The third-order valence-electron chi connectivity index (χ3n) is 8.14. The van der Waals surface area contributed by atoms with Gasteiger partial charge in [0, 0.05) is 13.1 Å². The van der Waals surface area contributed by atoms with E-state index in [4.69, 9.17) is 9.47 Å². The predicted octanol–water partition coefficient (Wildman–Crippen LogP) is 2.16. The Morgan fingerprint density at radius 1 is 1.37 bits per heavy atom. The second-order valence-corrected chi connectivity index (χ2v) is 10.2.